The average Bonchev–Trinajstić information content (AvgIpc) is 2.38. The van der Waals surface area contributed by atoms with Crippen LogP contribution in [0.1, 0.15) is 15.9 Å². The molecule has 2 nitrogen and oxygen atoms in total. The lowest BCUT2D eigenvalue weighted by Gasteiger charge is -2.16. The first-order valence-electron chi connectivity index (χ1n) is 6.26. The number of carbonyl (C=O) groups is 1. The number of carbonyl (C=O) groups excluding carboxylic acids is 1. The standard InChI is InChI=1S/C16H15Cl2NO/c1-19(10-12-4-2-6-14(17)8-12)11-16(20)13-5-3-7-15(18)9-13/h2-9H,10-11H2,1H3. The number of benzene rings is 2. The topological polar surface area (TPSA) is 20.3 Å². The number of nitrogens with zero attached hydrogens (tertiary/aromatic N) is 1. The van der Waals surface area contributed by atoms with Crippen LogP contribution in [0.15, 0.2) is 48.5 Å². The fourth-order valence-corrected chi connectivity index (χ4v) is 2.40. The molecular weight excluding hydrogens is 293 g/mol. The molecule has 0 aliphatic carbocycles. The molecule has 0 heterocycles. The molecule has 4 heteroatoms. The van der Waals surface area contributed by atoms with E-state index in [-0.39, 0.29) is 5.78 Å². The van der Waals surface area contributed by atoms with Crippen LogP contribution in [0.5, 0.6) is 0 Å². The Morgan fingerprint density at radius 3 is 2.35 bits per heavy atom. The number of rotatable bonds is 5. The first kappa shape index (κ1) is 15.0. The molecule has 0 amide bonds. The second kappa shape index (κ2) is 6.89. The summed E-state index contributed by atoms with van der Waals surface area (Å²) in [7, 11) is 1.91. The van der Waals surface area contributed by atoms with Crippen LogP contribution in [-0.4, -0.2) is 24.3 Å². The number of halogens is 2. The van der Waals surface area contributed by atoms with Gasteiger partial charge in [-0.3, -0.25) is 9.69 Å². The summed E-state index contributed by atoms with van der Waals surface area (Å²) in [5, 5.41) is 1.28. The summed E-state index contributed by atoms with van der Waals surface area (Å²) < 4.78 is 0. The fourth-order valence-electron chi connectivity index (χ4n) is 2.00. The van der Waals surface area contributed by atoms with E-state index in [2.05, 4.69) is 0 Å². The van der Waals surface area contributed by atoms with Crippen molar-refractivity contribution >= 4 is 29.0 Å². The Bertz CT molecular complexity index is 613. The maximum Gasteiger partial charge on any atom is 0.176 e. The van der Waals surface area contributed by atoms with Gasteiger partial charge in [0.25, 0.3) is 0 Å². The summed E-state index contributed by atoms with van der Waals surface area (Å²) >= 11 is 11.8. The molecule has 0 aliphatic rings. The number of likely N-dealkylation sites (N-methyl/N-ethyl adjacent to an activating group) is 1. The number of hydrogen-bond acceptors (Lipinski definition) is 2. The van der Waals surface area contributed by atoms with Crippen LogP contribution in [0.3, 0.4) is 0 Å². The van der Waals surface area contributed by atoms with E-state index in [1.165, 1.54) is 0 Å². The Balaban J connectivity index is 1.97. The summed E-state index contributed by atoms with van der Waals surface area (Å²) in [6.45, 7) is 1.01. The molecule has 0 bridgehead atoms. The Kier molecular flexibility index (Phi) is 5.18. The van der Waals surface area contributed by atoms with Gasteiger partial charge in [0.15, 0.2) is 5.78 Å². The molecule has 2 aromatic rings. The van der Waals surface area contributed by atoms with Gasteiger partial charge in [-0.15, -0.1) is 0 Å². The van der Waals surface area contributed by atoms with Crippen molar-refractivity contribution in [2.45, 2.75) is 6.54 Å². The van der Waals surface area contributed by atoms with E-state index in [4.69, 9.17) is 23.2 Å². The van der Waals surface area contributed by atoms with Gasteiger partial charge in [0, 0.05) is 22.2 Å². The number of ketones is 1. The molecule has 0 fully saturated rings. The summed E-state index contributed by atoms with van der Waals surface area (Å²) in [4.78, 5) is 14.1. The van der Waals surface area contributed by atoms with Crippen molar-refractivity contribution in [3.63, 3.8) is 0 Å². The molecule has 0 saturated heterocycles. The van der Waals surface area contributed by atoms with E-state index < -0.39 is 0 Å². The molecule has 0 saturated carbocycles. The lowest BCUT2D eigenvalue weighted by molar-refractivity contribution is 0.0943. The molecule has 0 aromatic heterocycles. The van der Waals surface area contributed by atoms with Gasteiger partial charge in [0.1, 0.15) is 0 Å². The monoisotopic (exact) mass is 307 g/mol. The normalized spacial score (nSPS) is 10.8. The van der Waals surface area contributed by atoms with Gasteiger partial charge in [0.2, 0.25) is 0 Å². The minimum Gasteiger partial charge on any atom is -0.295 e. The Morgan fingerprint density at radius 1 is 1.05 bits per heavy atom. The quantitative estimate of drug-likeness (QED) is 0.767. The van der Waals surface area contributed by atoms with Gasteiger partial charge in [-0.1, -0.05) is 47.5 Å². The highest BCUT2D eigenvalue weighted by Gasteiger charge is 2.10. The Morgan fingerprint density at radius 2 is 1.70 bits per heavy atom. The van der Waals surface area contributed by atoms with Crippen molar-refractivity contribution in [3.8, 4) is 0 Å². The fraction of sp³-hybridized carbons (Fsp3) is 0.188. The highest BCUT2D eigenvalue weighted by Crippen LogP contribution is 2.14. The zero-order chi connectivity index (χ0) is 14.5. The van der Waals surface area contributed by atoms with Crippen LogP contribution in [0, 0.1) is 0 Å². The van der Waals surface area contributed by atoms with E-state index in [1.807, 2.05) is 36.2 Å². The van der Waals surface area contributed by atoms with Crippen LogP contribution in [0.4, 0.5) is 0 Å². The molecule has 2 rings (SSSR count). The van der Waals surface area contributed by atoms with Gasteiger partial charge in [-0.05, 0) is 36.9 Å². The molecule has 0 N–H and O–H groups in total. The molecule has 0 radical (unpaired) electrons. The molecule has 104 valence electrons. The van der Waals surface area contributed by atoms with Crippen molar-refractivity contribution < 1.29 is 4.79 Å². The first-order chi connectivity index (χ1) is 9.54. The molecule has 0 atom stereocenters. The highest BCUT2D eigenvalue weighted by molar-refractivity contribution is 6.31. The van der Waals surface area contributed by atoms with Crippen LogP contribution in [0.2, 0.25) is 10.0 Å². The van der Waals surface area contributed by atoms with Crippen LogP contribution >= 0.6 is 23.2 Å². The van der Waals surface area contributed by atoms with Crippen LogP contribution in [0.25, 0.3) is 0 Å². The molecule has 0 aliphatic heterocycles. The second-order valence-electron chi connectivity index (χ2n) is 4.74. The summed E-state index contributed by atoms with van der Waals surface area (Å²) in [6, 6.07) is 14.7. The van der Waals surface area contributed by atoms with Gasteiger partial charge in [0.05, 0.1) is 6.54 Å². The SMILES string of the molecule is CN(CC(=O)c1cccc(Cl)c1)Cc1cccc(Cl)c1. The van der Waals surface area contributed by atoms with Gasteiger partial charge in [-0.2, -0.15) is 0 Å². The van der Waals surface area contributed by atoms with E-state index in [0.717, 1.165) is 5.56 Å². The van der Waals surface area contributed by atoms with Crippen molar-refractivity contribution in [2.75, 3.05) is 13.6 Å². The van der Waals surface area contributed by atoms with Crippen LogP contribution < -0.4 is 0 Å². The van der Waals surface area contributed by atoms with Gasteiger partial charge in [-0.25, -0.2) is 0 Å². The molecule has 20 heavy (non-hydrogen) atoms. The van der Waals surface area contributed by atoms with Crippen molar-refractivity contribution in [1.82, 2.24) is 4.90 Å². The van der Waals surface area contributed by atoms with E-state index in [1.54, 1.807) is 24.3 Å². The third-order valence-electron chi connectivity index (χ3n) is 2.90. The molecular formula is C16H15Cl2NO. The van der Waals surface area contributed by atoms with Gasteiger partial charge >= 0.3 is 0 Å². The Labute approximate surface area is 128 Å². The number of Topliss-reactive ketones (excluding diaryl/α,β-unsaturated/α-hetero) is 1. The van der Waals surface area contributed by atoms with Crippen LogP contribution in [-0.2, 0) is 6.54 Å². The minimum absolute atomic E-state index is 0.0528. The van der Waals surface area contributed by atoms with E-state index in [9.17, 15) is 4.79 Å². The largest absolute Gasteiger partial charge is 0.295 e. The number of hydrogen-bond donors (Lipinski definition) is 0. The average molecular weight is 308 g/mol. The predicted octanol–water partition coefficient (Wildman–Crippen LogP) is 4.31. The summed E-state index contributed by atoms with van der Waals surface area (Å²) in [5.41, 5.74) is 1.72. The predicted molar refractivity (Wildman–Crippen MR) is 83.6 cm³/mol. The van der Waals surface area contributed by atoms with E-state index >= 15 is 0 Å². The molecule has 0 unspecified atom stereocenters. The smallest absolute Gasteiger partial charge is 0.176 e. The zero-order valence-electron chi connectivity index (χ0n) is 11.1. The second-order valence-corrected chi connectivity index (χ2v) is 5.61. The van der Waals surface area contributed by atoms with Crippen molar-refractivity contribution in [2.24, 2.45) is 0 Å². The third kappa shape index (κ3) is 4.34. The minimum atomic E-state index is 0.0528. The lowest BCUT2D eigenvalue weighted by Crippen LogP contribution is -2.25. The molecule has 2 aromatic carbocycles. The van der Waals surface area contributed by atoms with Crippen molar-refractivity contribution in [3.05, 3.63) is 69.7 Å². The summed E-state index contributed by atoms with van der Waals surface area (Å²) in [5.74, 6) is 0.0528. The first-order valence-corrected chi connectivity index (χ1v) is 7.02. The zero-order valence-corrected chi connectivity index (χ0v) is 12.7. The Hall–Kier alpha value is -1.35. The van der Waals surface area contributed by atoms with E-state index in [0.29, 0.717) is 28.7 Å². The lowest BCUT2D eigenvalue weighted by atomic mass is 10.1. The van der Waals surface area contributed by atoms with Gasteiger partial charge < -0.3 is 0 Å². The third-order valence-corrected chi connectivity index (χ3v) is 3.37. The van der Waals surface area contributed by atoms with Crippen molar-refractivity contribution in [1.29, 1.82) is 0 Å². The maximum absolute atomic E-state index is 12.1. The molecule has 0 spiro atoms. The maximum atomic E-state index is 12.1. The highest BCUT2D eigenvalue weighted by atomic mass is 35.5. The summed E-state index contributed by atoms with van der Waals surface area (Å²) in [6.07, 6.45) is 0.